The van der Waals surface area contributed by atoms with Crippen LogP contribution in [0.4, 0.5) is 20.2 Å². The van der Waals surface area contributed by atoms with Gasteiger partial charge in [-0.2, -0.15) is 5.26 Å². The molecule has 0 saturated carbocycles. The molecule has 4 aromatic rings. The fraction of sp³-hybridized carbons (Fsp3) is 0.303. The maximum atomic E-state index is 15.6. The van der Waals surface area contributed by atoms with E-state index in [4.69, 9.17) is 45.5 Å². The lowest BCUT2D eigenvalue weighted by atomic mass is 10.0. The van der Waals surface area contributed by atoms with E-state index in [-0.39, 0.29) is 70.0 Å². The number of hydrogen-bond acceptors (Lipinski definition) is 7. The second-order valence-corrected chi connectivity index (χ2v) is 12.9. The van der Waals surface area contributed by atoms with Crippen molar-refractivity contribution < 1.29 is 13.6 Å². The summed E-state index contributed by atoms with van der Waals surface area (Å²) in [4.78, 5) is 40.0. The third-order valence-corrected chi connectivity index (χ3v) is 9.32. The number of pyridine rings is 3. The SMILES string of the molecule is C=CC(=O)N1[C@H](C)CN(c2c(C#N)c(=O)n(-c3c(C)ccnc3C(C)C)c3nc(-c4c(F)c(Cl)c(F)c(N)c4Cl)c(Cl)cc23)C[C@@H]1C. The number of rotatable bonds is 5. The van der Waals surface area contributed by atoms with Crippen LogP contribution in [0.15, 0.2) is 35.8 Å². The molecule has 1 aromatic carbocycles. The molecule has 1 saturated heterocycles. The number of benzene rings is 1. The molecule has 0 unspecified atom stereocenters. The molecule has 9 nitrogen and oxygen atoms in total. The number of piperazine rings is 1. The number of nitrogens with two attached hydrogens (primary N) is 1. The van der Waals surface area contributed by atoms with Gasteiger partial charge in [-0.25, -0.2) is 13.8 Å². The second-order valence-electron chi connectivity index (χ2n) is 11.8. The summed E-state index contributed by atoms with van der Waals surface area (Å²) in [6.45, 7) is 13.4. The first-order valence-electron chi connectivity index (χ1n) is 14.6. The van der Waals surface area contributed by atoms with Crippen LogP contribution >= 0.6 is 34.8 Å². The number of aryl methyl sites for hydroxylation is 1. The summed E-state index contributed by atoms with van der Waals surface area (Å²) in [7, 11) is 0. The number of anilines is 2. The van der Waals surface area contributed by atoms with Gasteiger partial charge in [0.1, 0.15) is 22.3 Å². The van der Waals surface area contributed by atoms with Gasteiger partial charge in [0.15, 0.2) is 11.6 Å². The number of nitrogen functional groups attached to an aromatic ring is 1. The molecule has 1 amide bonds. The maximum Gasteiger partial charge on any atom is 0.276 e. The first-order valence-corrected chi connectivity index (χ1v) is 15.8. The van der Waals surface area contributed by atoms with Crippen LogP contribution in [0.2, 0.25) is 15.1 Å². The van der Waals surface area contributed by atoms with Crippen LogP contribution in [-0.2, 0) is 4.79 Å². The highest BCUT2D eigenvalue weighted by atomic mass is 35.5. The number of nitrogens with zero attached hydrogens (tertiary/aromatic N) is 6. The Hall–Kier alpha value is -4.24. The van der Waals surface area contributed by atoms with Crippen molar-refractivity contribution >= 4 is 63.1 Å². The normalized spacial score (nSPS) is 16.6. The monoisotopic (exact) mass is 699 g/mol. The molecule has 1 aliphatic rings. The number of hydrogen-bond donors (Lipinski definition) is 1. The van der Waals surface area contributed by atoms with Crippen LogP contribution in [0.25, 0.3) is 28.0 Å². The van der Waals surface area contributed by atoms with Crippen molar-refractivity contribution in [3.05, 3.63) is 84.9 Å². The zero-order valence-electron chi connectivity index (χ0n) is 26.1. The quantitative estimate of drug-likeness (QED) is 0.101. The van der Waals surface area contributed by atoms with Crippen molar-refractivity contribution in [2.45, 2.75) is 52.6 Å². The van der Waals surface area contributed by atoms with Crippen LogP contribution in [0.1, 0.15) is 50.4 Å². The summed E-state index contributed by atoms with van der Waals surface area (Å²) in [6.07, 6.45) is 2.86. The summed E-state index contributed by atoms with van der Waals surface area (Å²) >= 11 is 19.1. The van der Waals surface area contributed by atoms with E-state index in [0.717, 1.165) is 0 Å². The van der Waals surface area contributed by atoms with Gasteiger partial charge in [-0.15, -0.1) is 0 Å². The average Bonchev–Trinajstić information content (AvgIpc) is 3.02. The third-order valence-electron chi connectivity index (χ3n) is 8.31. The molecule has 5 rings (SSSR count). The van der Waals surface area contributed by atoms with E-state index in [9.17, 15) is 19.2 Å². The predicted octanol–water partition coefficient (Wildman–Crippen LogP) is 7.18. The lowest BCUT2D eigenvalue weighted by molar-refractivity contribution is -0.130. The van der Waals surface area contributed by atoms with Gasteiger partial charge in [-0.3, -0.25) is 19.1 Å². The first kappa shape index (κ1) is 34.1. The van der Waals surface area contributed by atoms with E-state index < -0.39 is 38.5 Å². The molecular weight excluding hydrogens is 671 g/mol. The smallest absolute Gasteiger partial charge is 0.276 e. The fourth-order valence-corrected chi connectivity index (χ4v) is 6.97. The molecule has 0 aliphatic carbocycles. The lowest BCUT2D eigenvalue weighted by Gasteiger charge is -2.45. The number of fused-ring (bicyclic) bond motifs is 1. The van der Waals surface area contributed by atoms with E-state index in [1.54, 1.807) is 24.1 Å². The summed E-state index contributed by atoms with van der Waals surface area (Å²) in [6, 6.07) is 4.59. The molecule has 3 aromatic heterocycles. The van der Waals surface area contributed by atoms with E-state index in [2.05, 4.69) is 17.6 Å². The van der Waals surface area contributed by atoms with E-state index in [1.165, 1.54) is 16.7 Å². The molecule has 2 N–H and O–H groups in total. The van der Waals surface area contributed by atoms with Crippen LogP contribution in [0.3, 0.4) is 0 Å². The van der Waals surface area contributed by atoms with Gasteiger partial charge in [0.25, 0.3) is 5.56 Å². The number of amides is 1. The zero-order chi connectivity index (χ0) is 34.6. The minimum absolute atomic E-state index is 0.000731. The van der Waals surface area contributed by atoms with Gasteiger partial charge < -0.3 is 15.5 Å². The maximum absolute atomic E-state index is 15.6. The number of carbonyl (C=O) groups is 1. The molecular formula is C33H30Cl3F2N7O2. The molecule has 1 aliphatic heterocycles. The molecule has 0 spiro atoms. The molecule has 1 fully saturated rings. The van der Waals surface area contributed by atoms with Gasteiger partial charge in [0.2, 0.25) is 5.91 Å². The molecule has 4 heterocycles. The Labute approximate surface area is 284 Å². The molecule has 2 atom stereocenters. The largest absolute Gasteiger partial charge is 0.395 e. The third kappa shape index (κ3) is 5.48. The highest BCUT2D eigenvalue weighted by Gasteiger charge is 2.36. The Morgan fingerprint density at radius 3 is 2.36 bits per heavy atom. The first-order chi connectivity index (χ1) is 22.2. The van der Waals surface area contributed by atoms with Gasteiger partial charge in [0, 0.05) is 36.8 Å². The predicted molar refractivity (Wildman–Crippen MR) is 182 cm³/mol. The molecule has 14 heteroatoms. The topological polar surface area (TPSA) is 121 Å². The van der Waals surface area contributed by atoms with Crippen LogP contribution in [-0.4, -0.2) is 50.5 Å². The second kappa shape index (κ2) is 12.8. The Morgan fingerprint density at radius 2 is 1.79 bits per heavy atom. The van der Waals surface area contributed by atoms with E-state index in [1.807, 2.05) is 32.6 Å². The Balaban J connectivity index is 1.95. The van der Waals surface area contributed by atoms with Crippen molar-refractivity contribution in [3.63, 3.8) is 0 Å². The number of carbonyl (C=O) groups excluding carboxylic acids is 1. The van der Waals surface area contributed by atoms with Crippen LogP contribution in [0, 0.1) is 29.9 Å². The van der Waals surface area contributed by atoms with Crippen molar-refractivity contribution in [3.8, 4) is 23.0 Å². The Bertz CT molecular complexity index is 2050. The molecule has 0 bridgehead atoms. The minimum atomic E-state index is -1.24. The van der Waals surface area contributed by atoms with Gasteiger partial charge in [-0.05, 0) is 50.5 Å². The highest BCUT2D eigenvalue weighted by molar-refractivity contribution is 6.39. The Morgan fingerprint density at radius 1 is 1.15 bits per heavy atom. The molecule has 244 valence electrons. The molecule has 0 radical (unpaired) electrons. The van der Waals surface area contributed by atoms with Crippen molar-refractivity contribution in [2.75, 3.05) is 23.7 Å². The zero-order valence-corrected chi connectivity index (χ0v) is 28.4. The fourth-order valence-electron chi connectivity index (χ4n) is 6.27. The molecule has 47 heavy (non-hydrogen) atoms. The minimum Gasteiger partial charge on any atom is -0.395 e. The number of halogens is 5. The van der Waals surface area contributed by atoms with Crippen molar-refractivity contribution in [2.24, 2.45) is 0 Å². The van der Waals surface area contributed by atoms with E-state index in [0.29, 0.717) is 16.9 Å². The highest BCUT2D eigenvalue weighted by Crippen LogP contribution is 2.44. The number of nitriles is 1. The summed E-state index contributed by atoms with van der Waals surface area (Å²) in [5.41, 5.74) is 5.43. The van der Waals surface area contributed by atoms with Crippen LogP contribution in [0.5, 0.6) is 0 Å². The average molecular weight is 701 g/mol. The summed E-state index contributed by atoms with van der Waals surface area (Å²) in [5.74, 6) is -2.89. The standard InChI is InChI=1S/C33H30Cl3F2N7O2/c1-7-21(46)44-16(5)12-43(13-17(44)6)31-18-10-20(34)29(22-23(35)27(40)26(38)24(36)25(22)37)42-32(18)45(33(47)19(31)11-39)30-15(4)8-9-41-28(30)14(2)3/h7-10,14,16-17H,1,12-13,40H2,2-6H3/t16-,17+. The van der Waals surface area contributed by atoms with Gasteiger partial charge >= 0.3 is 0 Å². The Kier molecular flexibility index (Phi) is 9.25. The van der Waals surface area contributed by atoms with E-state index >= 15 is 4.39 Å². The van der Waals surface area contributed by atoms with Gasteiger partial charge in [0.05, 0.1) is 44.1 Å². The summed E-state index contributed by atoms with van der Waals surface area (Å²) in [5, 5.41) is 9.25. The van der Waals surface area contributed by atoms with Gasteiger partial charge in [-0.1, -0.05) is 55.2 Å². The lowest BCUT2D eigenvalue weighted by Crippen LogP contribution is -2.58. The number of aromatic nitrogens is 3. The van der Waals surface area contributed by atoms with Crippen LogP contribution < -0.4 is 16.2 Å². The summed E-state index contributed by atoms with van der Waals surface area (Å²) < 4.78 is 31.5. The van der Waals surface area contributed by atoms with Crippen molar-refractivity contribution in [1.29, 1.82) is 5.26 Å². The van der Waals surface area contributed by atoms with Crippen molar-refractivity contribution in [1.82, 2.24) is 19.4 Å².